The summed E-state index contributed by atoms with van der Waals surface area (Å²) in [5, 5.41) is 1.84. The molecule has 0 saturated carbocycles. The third-order valence-electron chi connectivity index (χ3n) is 3.53. The fourth-order valence-corrected chi connectivity index (χ4v) is 2.88. The predicted molar refractivity (Wildman–Crippen MR) is 119 cm³/mol. The number of aliphatic imine (C=N–C) groups is 2. The van der Waals surface area contributed by atoms with E-state index < -0.39 is 0 Å². The highest BCUT2D eigenvalue weighted by Crippen LogP contribution is 2.17. The van der Waals surface area contributed by atoms with Gasteiger partial charge in [-0.3, -0.25) is 4.99 Å². The summed E-state index contributed by atoms with van der Waals surface area (Å²) in [6, 6.07) is 13.9. The minimum absolute atomic E-state index is 0.703. The van der Waals surface area contributed by atoms with Crippen LogP contribution in [0.25, 0.3) is 13.2 Å². The molecule has 0 atom stereocenters. The van der Waals surface area contributed by atoms with Gasteiger partial charge in [-0.25, -0.2) is 4.99 Å². The summed E-state index contributed by atoms with van der Waals surface area (Å²) in [5.74, 6) is 0.703. The second-order valence-electron chi connectivity index (χ2n) is 5.73. The highest BCUT2D eigenvalue weighted by Gasteiger charge is 2.03. The lowest BCUT2D eigenvalue weighted by molar-refractivity contribution is 1.01. The van der Waals surface area contributed by atoms with Gasteiger partial charge < -0.3 is 0 Å². The molecule has 1 aliphatic rings. The average molecular weight is 361 g/mol. The molecule has 2 nitrogen and oxygen atoms in total. The quantitative estimate of drug-likeness (QED) is 0.736. The number of rotatable bonds is 1. The summed E-state index contributed by atoms with van der Waals surface area (Å²) in [5.41, 5.74) is 1.93. The van der Waals surface area contributed by atoms with Crippen LogP contribution in [-0.2, 0) is 0 Å². The Balaban J connectivity index is 2.47. The molecule has 2 rings (SSSR count). The van der Waals surface area contributed by atoms with Gasteiger partial charge in [-0.2, -0.15) is 0 Å². The van der Waals surface area contributed by atoms with Crippen molar-refractivity contribution in [3.63, 3.8) is 0 Å². The van der Waals surface area contributed by atoms with Crippen molar-refractivity contribution < 1.29 is 0 Å². The molecule has 0 unspecified atom stereocenters. The van der Waals surface area contributed by atoms with Gasteiger partial charge in [0, 0.05) is 17.2 Å². The Morgan fingerprint density at radius 1 is 0.923 bits per heavy atom. The number of allylic oxidation sites excluding steroid dienone is 3. The summed E-state index contributed by atoms with van der Waals surface area (Å²) >= 11 is 1.66. The zero-order valence-corrected chi connectivity index (χ0v) is 15.8. The molecule has 0 bridgehead atoms. The summed E-state index contributed by atoms with van der Waals surface area (Å²) in [6.07, 6.45) is 10.7. The van der Waals surface area contributed by atoms with Gasteiger partial charge in [-0.05, 0) is 34.6 Å². The van der Waals surface area contributed by atoms with Gasteiger partial charge in [-0.15, -0.1) is 11.8 Å². The van der Waals surface area contributed by atoms with Crippen molar-refractivity contribution in [2.45, 2.75) is 6.42 Å². The maximum atomic E-state index is 4.61. The molecule has 132 valence electrons. The van der Waals surface area contributed by atoms with Gasteiger partial charge in [0.15, 0.2) is 0 Å². The van der Waals surface area contributed by atoms with Crippen LogP contribution >= 0.6 is 11.8 Å². The normalized spacial score (nSPS) is 20.9. The minimum Gasteiger partial charge on any atom is -0.273 e. The molecular formula is C23H24N2S. The van der Waals surface area contributed by atoms with Crippen LogP contribution in [-0.4, -0.2) is 24.3 Å². The zero-order chi connectivity index (χ0) is 18.6. The maximum absolute atomic E-state index is 4.61. The Morgan fingerprint density at radius 3 is 2.58 bits per heavy atom. The molecule has 0 aromatic heterocycles. The fourth-order valence-electron chi connectivity index (χ4n) is 2.15. The van der Waals surface area contributed by atoms with Gasteiger partial charge in [0.05, 0.1) is 5.71 Å². The Bertz CT molecular complexity index is 906. The average Bonchev–Trinajstić information content (AvgIpc) is 2.64. The van der Waals surface area contributed by atoms with Gasteiger partial charge in [0.2, 0.25) is 0 Å². The lowest BCUT2D eigenvalue weighted by atomic mass is 10.1. The molecule has 1 aromatic rings. The van der Waals surface area contributed by atoms with E-state index in [1.807, 2.05) is 60.7 Å². The first-order valence-corrected chi connectivity index (χ1v) is 9.46. The van der Waals surface area contributed by atoms with Crippen LogP contribution < -0.4 is 10.4 Å². The van der Waals surface area contributed by atoms with E-state index in [4.69, 9.17) is 0 Å². The fraction of sp³-hybridized carbons (Fsp3) is 0.130. The lowest BCUT2D eigenvalue weighted by Crippen LogP contribution is -2.08. The summed E-state index contributed by atoms with van der Waals surface area (Å²) < 4.78 is 0. The van der Waals surface area contributed by atoms with Crippen LogP contribution in [0.2, 0.25) is 0 Å². The van der Waals surface area contributed by atoms with Gasteiger partial charge >= 0.3 is 0 Å². The zero-order valence-electron chi connectivity index (χ0n) is 15.0. The van der Waals surface area contributed by atoms with Crippen molar-refractivity contribution in [2.75, 3.05) is 12.3 Å². The molecule has 0 aliphatic carbocycles. The van der Waals surface area contributed by atoms with Crippen LogP contribution in [0.3, 0.4) is 0 Å². The Kier molecular flexibility index (Phi) is 8.37. The first-order chi connectivity index (χ1) is 12.6. The largest absolute Gasteiger partial charge is 0.273 e. The molecular weight excluding hydrogens is 336 g/mol. The Morgan fingerprint density at radius 2 is 1.73 bits per heavy atom. The second-order valence-corrected chi connectivity index (χ2v) is 6.83. The Hall–Kier alpha value is -2.65. The number of hydrogen-bond donors (Lipinski definition) is 0. The highest BCUT2D eigenvalue weighted by molar-refractivity contribution is 8.03. The first kappa shape index (κ1) is 19.7. The van der Waals surface area contributed by atoms with Gasteiger partial charge in [0.25, 0.3) is 0 Å². The SMILES string of the molecule is C=C1/C=C\C=C/CC/N=C\N=C(\c2ccc(=C)ccccc(=C)c2)CS1. The van der Waals surface area contributed by atoms with E-state index in [1.54, 1.807) is 18.1 Å². The maximum Gasteiger partial charge on any atom is 0.110 e. The van der Waals surface area contributed by atoms with Crippen molar-refractivity contribution in [2.24, 2.45) is 9.98 Å². The molecule has 0 radical (unpaired) electrons. The monoisotopic (exact) mass is 360 g/mol. The second kappa shape index (κ2) is 11.1. The standard InChI is InChI=1S/C23H24N2S/c1-19-10-7-8-11-20(2)16-22(14-13-19)23-17-26-21(3)12-6-4-5-9-15-24-18-25-23/h4-8,10-14,16,18H,1-3,9,15,17H2/b5-4-,10-7?,11-8?,12-6-,14-13?,22-16?,24-18-,25-23+. The molecule has 3 heteroatoms. The van der Waals surface area contributed by atoms with E-state index in [9.17, 15) is 0 Å². The van der Waals surface area contributed by atoms with E-state index in [0.29, 0.717) is 5.75 Å². The first-order valence-electron chi connectivity index (χ1n) is 8.48. The number of hydrogen-bond acceptors (Lipinski definition) is 3. The summed E-state index contributed by atoms with van der Waals surface area (Å²) in [4.78, 5) is 9.98. The van der Waals surface area contributed by atoms with Crippen molar-refractivity contribution >= 4 is 37.0 Å². The molecule has 0 amide bonds. The third-order valence-corrected chi connectivity index (χ3v) is 4.45. The van der Waals surface area contributed by atoms with Crippen LogP contribution in [0.5, 0.6) is 0 Å². The molecule has 1 heterocycles. The molecule has 1 aromatic carbocycles. The number of nitrogens with zero attached hydrogens (tertiary/aromatic N) is 2. The van der Waals surface area contributed by atoms with Crippen LogP contribution in [0.4, 0.5) is 0 Å². The molecule has 26 heavy (non-hydrogen) atoms. The molecule has 0 N–H and O–H groups in total. The van der Waals surface area contributed by atoms with E-state index in [2.05, 4.69) is 35.8 Å². The minimum atomic E-state index is 0.703. The van der Waals surface area contributed by atoms with Crippen molar-refractivity contribution in [1.82, 2.24) is 0 Å². The van der Waals surface area contributed by atoms with Crippen LogP contribution in [0, 0.1) is 0 Å². The van der Waals surface area contributed by atoms with Crippen LogP contribution in [0.1, 0.15) is 12.0 Å². The smallest absolute Gasteiger partial charge is 0.110 e. The van der Waals surface area contributed by atoms with Crippen molar-refractivity contribution in [1.29, 1.82) is 0 Å². The van der Waals surface area contributed by atoms with E-state index in [1.165, 1.54) is 0 Å². The highest BCUT2D eigenvalue weighted by atomic mass is 32.2. The van der Waals surface area contributed by atoms with E-state index in [-0.39, 0.29) is 0 Å². The van der Waals surface area contributed by atoms with Gasteiger partial charge in [-0.1, -0.05) is 74.4 Å². The number of thioether (sulfide) groups is 1. The van der Waals surface area contributed by atoms with Crippen molar-refractivity contribution in [3.8, 4) is 0 Å². The molecule has 0 fully saturated rings. The third kappa shape index (κ3) is 7.49. The Labute approximate surface area is 160 Å². The van der Waals surface area contributed by atoms with E-state index >= 15 is 0 Å². The van der Waals surface area contributed by atoms with E-state index in [0.717, 1.165) is 39.6 Å². The molecule has 1 aliphatic heterocycles. The summed E-state index contributed by atoms with van der Waals surface area (Å²) in [7, 11) is 0. The van der Waals surface area contributed by atoms with Crippen molar-refractivity contribution in [3.05, 3.63) is 94.3 Å². The predicted octanol–water partition coefficient (Wildman–Crippen LogP) is 4.21. The summed E-state index contributed by atoms with van der Waals surface area (Å²) in [6.45, 7) is 13.0. The van der Waals surface area contributed by atoms with Gasteiger partial charge in [0.1, 0.15) is 6.34 Å². The lowest BCUT2D eigenvalue weighted by Gasteiger charge is -2.05. The molecule has 0 spiro atoms. The van der Waals surface area contributed by atoms with Crippen LogP contribution in [0.15, 0.2) is 88.2 Å². The molecule has 0 saturated heterocycles. The topological polar surface area (TPSA) is 24.7 Å².